The minimum absolute atomic E-state index is 0.167. The molecule has 0 bridgehead atoms. The second-order valence-electron chi connectivity index (χ2n) is 5.56. The second-order valence-corrected chi connectivity index (χ2v) is 6.40. The summed E-state index contributed by atoms with van der Waals surface area (Å²) in [7, 11) is 0. The molecule has 1 rings (SSSR count). The zero-order valence-electron chi connectivity index (χ0n) is 12.4. The number of hydrazine groups is 1. The Bertz CT molecular complexity index is 597. The predicted molar refractivity (Wildman–Crippen MR) is 84.5 cm³/mol. The van der Waals surface area contributed by atoms with Crippen LogP contribution in [0.3, 0.4) is 0 Å². The Morgan fingerprint density at radius 1 is 1.09 bits per heavy atom. The van der Waals surface area contributed by atoms with Gasteiger partial charge in [0.25, 0.3) is 11.8 Å². The van der Waals surface area contributed by atoms with Gasteiger partial charge in [0, 0.05) is 10.4 Å². The average molecular weight is 346 g/mol. The summed E-state index contributed by atoms with van der Waals surface area (Å²) in [5.74, 6) is -1.41. The summed E-state index contributed by atoms with van der Waals surface area (Å²) in [6, 6.07) is 4.37. The third-order valence-corrected chi connectivity index (χ3v) is 3.13. The molecular formula is C14H17Cl2N3O3. The van der Waals surface area contributed by atoms with E-state index in [1.165, 1.54) is 18.2 Å². The molecule has 3 N–H and O–H groups in total. The highest BCUT2D eigenvalue weighted by atomic mass is 35.5. The topological polar surface area (TPSA) is 87.3 Å². The number of rotatable bonds is 3. The lowest BCUT2D eigenvalue weighted by Gasteiger charge is -2.17. The summed E-state index contributed by atoms with van der Waals surface area (Å²) in [6.45, 7) is 4.93. The van der Waals surface area contributed by atoms with Crippen LogP contribution >= 0.6 is 23.2 Å². The first-order valence-corrected chi connectivity index (χ1v) is 7.19. The third kappa shape index (κ3) is 5.54. The number of nitrogens with one attached hydrogen (secondary N) is 3. The smallest absolute Gasteiger partial charge is 0.271 e. The molecule has 0 aliphatic carbocycles. The van der Waals surface area contributed by atoms with Crippen molar-refractivity contribution in [3.05, 3.63) is 33.8 Å². The van der Waals surface area contributed by atoms with E-state index in [2.05, 4.69) is 16.2 Å². The molecule has 0 saturated carbocycles. The highest BCUT2D eigenvalue weighted by Gasteiger charge is 2.21. The molecule has 1 aromatic carbocycles. The Morgan fingerprint density at radius 2 is 1.73 bits per heavy atom. The number of amides is 3. The van der Waals surface area contributed by atoms with Crippen LogP contribution in [-0.2, 0) is 9.59 Å². The fourth-order valence-electron chi connectivity index (χ4n) is 1.34. The van der Waals surface area contributed by atoms with Gasteiger partial charge >= 0.3 is 0 Å². The van der Waals surface area contributed by atoms with Crippen LogP contribution in [0, 0.1) is 5.41 Å². The van der Waals surface area contributed by atoms with Gasteiger partial charge in [-0.1, -0.05) is 44.0 Å². The fourth-order valence-corrected chi connectivity index (χ4v) is 1.83. The van der Waals surface area contributed by atoms with Gasteiger partial charge in [-0.2, -0.15) is 0 Å². The Balaban J connectivity index is 2.47. The minimum Gasteiger partial charge on any atom is -0.347 e. The van der Waals surface area contributed by atoms with E-state index in [-0.39, 0.29) is 23.0 Å². The lowest BCUT2D eigenvalue weighted by Crippen LogP contribution is -2.47. The highest BCUT2D eigenvalue weighted by Crippen LogP contribution is 2.20. The molecule has 0 unspecified atom stereocenters. The van der Waals surface area contributed by atoms with Crippen LogP contribution in [0.5, 0.6) is 0 Å². The van der Waals surface area contributed by atoms with Crippen molar-refractivity contribution in [2.24, 2.45) is 5.41 Å². The normalized spacial score (nSPS) is 10.8. The third-order valence-electron chi connectivity index (χ3n) is 2.58. The number of carbonyl (C=O) groups excluding carboxylic acids is 3. The molecule has 0 spiro atoms. The Hall–Kier alpha value is -1.79. The van der Waals surface area contributed by atoms with Crippen LogP contribution in [0.15, 0.2) is 18.2 Å². The van der Waals surface area contributed by atoms with Crippen molar-refractivity contribution in [1.82, 2.24) is 16.2 Å². The van der Waals surface area contributed by atoms with Gasteiger partial charge in [-0.25, -0.2) is 0 Å². The SMILES string of the molecule is CC(C)(C)C(=O)NCC(=O)NNC(=O)c1ccc(Cl)cc1Cl. The van der Waals surface area contributed by atoms with E-state index in [0.717, 1.165) is 0 Å². The molecule has 0 radical (unpaired) electrons. The Labute approximate surface area is 138 Å². The van der Waals surface area contributed by atoms with Crippen LogP contribution in [0.4, 0.5) is 0 Å². The summed E-state index contributed by atoms with van der Waals surface area (Å²) in [5.41, 5.74) is 3.96. The van der Waals surface area contributed by atoms with Gasteiger partial charge in [-0.15, -0.1) is 0 Å². The lowest BCUT2D eigenvalue weighted by atomic mass is 9.96. The molecule has 0 fully saturated rings. The first kappa shape index (κ1) is 18.3. The van der Waals surface area contributed by atoms with Crippen molar-refractivity contribution >= 4 is 40.9 Å². The van der Waals surface area contributed by atoms with Gasteiger partial charge in [-0.3, -0.25) is 25.2 Å². The fraction of sp³-hybridized carbons (Fsp3) is 0.357. The molecule has 0 heterocycles. The predicted octanol–water partition coefficient (Wildman–Crippen LogP) is 1.92. The molecule has 3 amide bonds. The van der Waals surface area contributed by atoms with Crippen LogP contribution in [-0.4, -0.2) is 24.3 Å². The summed E-state index contributed by atoms with van der Waals surface area (Å²) in [5, 5.41) is 3.02. The molecule has 0 saturated heterocycles. The summed E-state index contributed by atoms with van der Waals surface area (Å²) < 4.78 is 0. The molecule has 0 atom stereocenters. The maximum atomic E-state index is 11.8. The highest BCUT2D eigenvalue weighted by molar-refractivity contribution is 6.36. The molecular weight excluding hydrogens is 329 g/mol. The zero-order chi connectivity index (χ0) is 16.9. The largest absolute Gasteiger partial charge is 0.347 e. The standard InChI is InChI=1S/C14H17Cl2N3O3/c1-14(2,3)13(22)17-7-11(20)18-19-12(21)9-5-4-8(15)6-10(9)16/h4-6H,7H2,1-3H3,(H,17,22)(H,18,20)(H,19,21). The maximum Gasteiger partial charge on any atom is 0.271 e. The van der Waals surface area contributed by atoms with E-state index in [0.29, 0.717) is 5.02 Å². The Kier molecular flexibility index (Phi) is 6.20. The van der Waals surface area contributed by atoms with E-state index in [1.54, 1.807) is 20.8 Å². The summed E-state index contributed by atoms with van der Waals surface area (Å²) in [6.07, 6.45) is 0. The molecule has 6 nitrogen and oxygen atoms in total. The monoisotopic (exact) mass is 345 g/mol. The van der Waals surface area contributed by atoms with E-state index in [9.17, 15) is 14.4 Å². The van der Waals surface area contributed by atoms with Gasteiger partial charge in [0.05, 0.1) is 17.1 Å². The zero-order valence-corrected chi connectivity index (χ0v) is 13.9. The molecule has 120 valence electrons. The molecule has 8 heteroatoms. The average Bonchev–Trinajstić information content (AvgIpc) is 2.41. The first-order chi connectivity index (χ1) is 10.1. The van der Waals surface area contributed by atoms with Crippen molar-refractivity contribution in [3.63, 3.8) is 0 Å². The van der Waals surface area contributed by atoms with E-state index in [1.807, 2.05) is 0 Å². The summed E-state index contributed by atoms with van der Waals surface area (Å²) >= 11 is 11.6. The second kappa shape index (κ2) is 7.47. The van der Waals surface area contributed by atoms with Crippen LogP contribution in [0.25, 0.3) is 0 Å². The van der Waals surface area contributed by atoms with E-state index >= 15 is 0 Å². The molecule has 0 aliphatic rings. The quantitative estimate of drug-likeness (QED) is 0.731. The Morgan fingerprint density at radius 3 is 2.27 bits per heavy atom. The van der Waals surface area contributed by atoms with Gasteiger partial charge in [0.1, 0.15) is 0 Å². The minimum atomic E-state index is -0.597. The van der Waals surface area contributed by atoms with Crippen LogP contribution in [0.1, 0.15) is 31.1 Å². The maximum absolute atomic E-state index is 11.8. The number of hydrogen-bond acceptors (Lipinski definition) is 3. The van der Waals surface area contributed by atoms with Gasteiger partial charge < -0.3 is 5.32 Å². The van der Waals surface area contributed by atoms with Crippen molar-refractivity contribution in [2.45, 2.75) is 20.8 Å². The molecule has 22 heavy (non-hydrogen) atoms. The van der Waals surface area contributed by atoms with Gasteiger partial charge in [0.2, 0.25) is 5.91 Å². The number of halogens is 2. The number of hydrogen-bond donors (Lipinski definition) is 3. The summed E-state index contributed by atoms with van der Waals surface area (Å²) in [4.78, 5) is 35.0. The number of benzene rings is 1. The number of carbonyl (C=O) groups is 3. The first-order valence-electron chi connectivity index (χ1n) is 6.44. The van der Waals surface area contributed by atoms with E-state index < -0.39 is 17.2 Å². The van der Waals surface area contributed by atoms with Crippen molar-refractivity contribution < 1.29 is 14.4 Å². The van der Waals surface area contributed by atoms with Crippen molar-refractivity contribution in [3.8, 4) is 0 Å². The van der Waals surface area contributed by atoms with Crippen molar-refractivity contribution in [1.29, 1.82) is 0 Å². The lowest BCUT2D eigenvalue weighted by molar-refractivity contribution is -0.131. The van der Waals surface area contributed by atoms with Crippen molar-refractivity contribution in [2.75, 3.05) is 6.54 Å². The molecule has 1 aromatic rings. The van der Waals surface area contributed by atoms with Gasteiger partial charge in [-0.05, 0) is 18.2 Å². The van der Waals surface area contributed by atoms with Gasteiger partial charge in [0.15, 0.2) is 0 Å². The van der Waals surface area contributed by atoms with E-state index in [4.69, 9.17) is 23.2 Å². The van der Waals surface area contributed by atoms with Crippen LogP contribution < -0.4 is 16.2 Å². The molecule has 0 aliphatic heterocycles. The van der Waals surface area contributed by atoms with Crippen LogP contribution in [0.2, 0.25) is 10.0 Å². The molecule has 0 aromatic heterocycles.